The number of nitrogens with one attached hydrogen (secondary N) is 2. The van der Waals surface area contributed by atoms with E-state index >= 15 is 0 Å². The van der Waals surface area contributed by atoms with E-state index in [-0.39, 0.29) is 35.6 Å². The van der Waals surface area contributed by atoms with Gasteiger partial charge >= 0.3 is 0 Å². The Balaban J connectivity index is 1.68. The molecule has 1 heterocycles. The smallest absolute Gasteiger partial charge is 0.258 e. The molecule has 4 unspecified atom stereocenters. The maximum atomic E-state index is 14.0. The number of phenolic OH excluding ortho intramolecular Hbond substituents is 1. The lowest BCUT2D eigenvalue weighted by molar-refractivity contribution is -0.153. The number of phenols is 1. The van der Waals surface area contributed by atoms with Crippen molar-refractivity contribution < 1.29 is 39.6 Å². The Morgan fingerprint density at radius 2 is 1.80 bits per heavy atom. The highest BCUT2D eigenvalue weighted by Gasteiger charge is 2.64. The second-order valence-corrected chi connectivity index (χ2v) is 10.8. The van der Waals surface area contributed by atoms with Crippen molar-refractivity contribution in [3.63, 3.8) is 0 Å². The van der Waals surface area contributed by atoms with Crippen LogP contribution >= 0.6 is 0 Å². The molecule has 1 aromatic heterocycles. The fourth-order valence-electron chi connectivity index (χ4n) is 6.43. The highest BCUT2D eigenvalue weighted by Crippen LogP contribution is 2.53. The van der Waals surface area contributed by atoms with Crippen LogP contribution in [0.3, 0.4) is 0 Å². The number of benzene rings is 1. The summed E-state index contributed by atoms with van der Waals surface area (Å²) in [5.74, 6) is -6.37. The molecule has 41 heavy (non-hydrogen) atoms. The van der Waals surface area contributed by atoms with Gasteiger partial charge in [0, 0.05) is 37.2 Å². The number of hydrogen-bond acceptors (Lipinski definition) is 10. The van der Waals surface area contributed by atoms with Gasteiger partial charge in [-0.25, -0.2) is 4.98 Å². The maximum Gasteiger partial charge on any atom is 0.258 e. The van der Waals surface area contributed by atoms with E-state index in [2.05, 4.69) is 15.6 Å². The minimum atomic E-state index is -2.65. The fraction of sp³-hybridized carbons (Fsp3) is 0.345. The van der Waals surface area contributed by atoms with E-state index in [9.17, 15) is 39.6 Å². The molecule has 5 rings (SSSR count). The van der Waals surface area contributed by atoms with Crippen molar-refractivity contribution in [3.05, 3.63) is 58.5 Å². The van der Waals surface area contributed by atoms with Crippen LogP contribution in [0.2, 0.25) is 0 Å². The largest absolute Gasteiger partial charge is 0.508 e. The zero-order valence-electron chi connectivity index (χ0n) is 22.8. The number of nitrogens with zero attached hydrogens (tertiary/aromatic N) is 2. The van der Waals surface area contributed by atoms with E-state index < -0.39 is 58.0 Å². The molecular weight excluding hydrogens is 532 g/mol. The normalized spacial score (nSPS) is 25.5. The second kappa shape index (κ2) is 9.82. The zero-order chi connectivity index (χ0) is 30.0. The van der Waals surface area contributed by atoms with Crippen LogP contribution in [0.4, 0.5) is 5.82 Å². The van der Waals surface area contributed by atoms with Gasteiger partial charge < -0.3 is 31.1 Å². The predicted molar refractivity (Wildman–Crippen MR) is 147 cm³/mol. The van der Waals surface area contributed by atoms with Crippen molar-refractivity contribution in [2.24, 2.45) is 11.8 Å². The van der Waals surface area contributed by atoms with Gasteiger partial charge in [0.15, 0.2) is 11.4 Å². The van der Waals surface area contributed by atoms with Gasteiger partial charge in [0.1, 0.15) is 28.7 Å². The van der Waals surface area contributed by atoms with Crippen LogP contribution in [0.25, 0.3) is 16.9 Å². The molecule has 1 saturated carbocycles. The first-order valence-electron chi connectivity index (χ1n) is 13.0. The SMILES string of the molecule is CNC(=O)C1=C(O)C2(O)C(=O)C3=C(O)c4c(O)ccc(-c5ccc(NC(C)=O)nc5)c4CC3CC2C(N(C)C)C1=O. The fourth-order valence-corrected chi connectivity index (χ4v) is 6.43. The summed E-state index contributed by atoms with van der Waals surface area (Å²) in [6, 6.07) is 5.22. The summed E-state index contributed by atoms with van der Waals surface area (Å²) in [5.41, 5.74) is -1.80. The summed E-state index contributed by atoms with van der Waals surface area (Å²) < 4.78 is 0. The minimum absolute atomic E-state index is 0.00104. The summed E-state index contributed by atoms with van der Waals surface area (Å²) in [6.45, 7) is 1.36. The van der Waals surface area contributed by atoms with E-state index in [1.165, 1.54) is 31.1 Å². The molecule has 3 aliphatic carbocycles. The molecular formula is C29H30N4O8. The first kappa shape index (κ1) is 28.0. The maximum absolute atomic E-state index is 14.0. The summed E-state index contributed by atoms with van der Waals surface area (Å²) in [6.07, 6.45) is 1.70. The summed E-state index contributed by atoms with van der Waals surface area (Å²) in [4.78, 5) is 57.1. The Morgan fingerprint density at radius 1 is 1.10 bits per heavy atom. The molecule has 1 fully saturated rings. The number of rotatable bonds is 4. The Bertz CT molecular complexity index is 1580. The van der Waals surface area contributed by atoms with Crippen LogP contribution in [-0.4, -0.2) is 86.5 Å². The second-order valence-electron chi connectivity index (χ2n) is 10.8. The summed E-state index contributed by atoms with van der Waals surface area (Å²) in [5, 5.41) is 49.9. The summed E-state index contributed by atoms with van der Waals surface area (Å²) in [7, 11) is 4.40. The summed E-state index contributed by atoms with van der Waals surface area (Å²) >= 11 is 0. The number of aromatic hydroxyl groups is 1. The van der Waals surface area contributed by atoms with Crippen LogP contribution in [0.5, 0.6) is 5.75 Å². The molecule has 4 atom stereocenters. The number of hydrogen-bond donors (Lipinski definition) is 6. The van der Waals surface area contributed by atoms with E-state index in [0.717, 1.165) is 0 Å². The van der Waals surface area contributed by atoms with Crippen molar-refractivity contribution in [1.29, 1.82) is 0 Å². The quantitative estimate of drug-likeness (QED) is 0.296. The number of aliphatic hydroxyl groups is 3. The van der Waals surface area contributed by atoms with E-state index in [1.54, 1.807) is 32.3 Å². The lowest BCUT2D eigenvalue weighted by Crippen LogP contribution is -2.65. The molecule has 0 spiro atoms. The highest BCUT2D eigenvalue weighted by atomic mass is 16.3. The average Bonchev–Trinajstić information content (AvgIpc) is 2.91. The lowest BCUT2D eigenvalue weighted by Gasteiger charge is -2.50. The molecule has 0 saturated heterocycles. The zero-order valence-corrected chi connectivity index (χ0v) is 22.8. The van der Waals surface area contributed by atoms with Gasteiger partial charge in [0.05, 0.1) is 11.6 Å². The van der Waals surface area contributed by atoms with Crippen molar-refractivity contribution >= 4 is 35.0 Å². The van der Waals surface area contributed by atoms with Gasteiger partial charge in [-0.15, -0.1) is 0 Å². The number of amides is 2. The monoisotopic (exact) mass is 562 g/mol. The van der Waals surface area contributed by atoms with Crippen molar-refractivity contribution in [3.8, 4) is 16.9 Å². The van der Waals surface area contributed by atoms with Crippen molar-refractivity contribution in [1.82, 2.24) is 15.2 Å². The van der Waals surface area contributed by atoms with Crippen LogP contribution < -0.4 is 10.6 Å². The predicted octanol–water partition coefficient (Wildman–Crippen LogP) is 1.25. The van der Waals surface area contributed by atoms with Gasteiger partial charge in [-0.2, -0.15) is 0 Å². The molecule has 1 aromatic carbocycles. The van der Waals surface area contributed by atoms with Crippen molar-refractivity contribution in [2.75, 3.05) is 26.5 Å². The van der Waals surface area contributed by atoms with Gasteiger partial charge in [-0.1, -0.05) is 6.07 Å². The number of Topliss-reactive ketones (excluding diaryl/α,β-unsaturated/α-hetero) is 2. The van der Waals surface area contributed by atoms with Crippen LogP contribution in [0, 0.1) is 11.8 Å². The number of pyridine rings is 1. The molecule has 214 valence electrons. The average molecular weight is 563 g/mol. The van der Waals surface area contributed by atoms with Gasteiger partial charge in [0.25, 0.3) is 5.91 Å². The highest BCUT2D eigenvalue weighted by molar-refractivity contribution is 6.25. The Labute approximate surface area is 235 Å². The van der Waals surface area contributed by atoms with Crippen LogP contribution in [0.15, 0.2) is 47.4 Å². The number of ketones is 2. The first-order chi connectivity index (χ1) is 19.3. The molecule has 2 amide bonds. The Hall–Kier alpha value is -4.55. The number of aliphatic hydroxyl groups excluding tert-OH is 2. The lowest BCUT2D eigenvalue weighted by atomic mass is 9.57. The van der Waals surface area contributed by atoms with Crippen molar-refractivity contribution in [2.45, 2.75) is 31.4 Å². The molecule has 0 aliphatic heterocycles. The number of aromatic nitrogens is 1. The number of likely N-dealkylation sites (N-methyl/N-ethyl adjacent to an activating group) is 2. The Kier molecular flexibility index (Phi) is 6.71. The number of anilines is 1. The minimum Gasteiger partial charge on any atom is -0.508 e. The molecule has 2 aromatic rings. The van der Waals surface area contributed by atoms with Crippen LogP contribution in [0.1, 0.15) is 24.5 Å². The van der Waals surface area contributed by atoms with Gasteiger partial charge in [0.2, 0.25) is 11.7 Å². The molecule has 3 aliphatic rings. The molecule has 0 bridgehead atoms. The molecule has 6 N–H and O–H groups in total. The third-order valence-electron chi connectivity index (χ3n) is 8.19. The van der Waals surface area contributed by atoms with E-state index in [0.29, 0.717) is 22.5 Å². The standard InChI is InChI=1S/C29H30N4O8/c1-12(34)32-19-8-5-13(11-31-19)15-6-7-18(35)21-16(15)9-14-10-17-23(33(3)4)25(37)22(28(40)30-2)27(39)29(17,41)26(38)20(14)24(21)36/h5-8,11,14,17,23,35-36,39,41H,9-10H2,1-4H3,(H,30,40)(H,31,32,34). The Morgan fingerprint density at radius 3 is 2.39 bits per heavy atom. The number of carbonyl (C=O) groups excluding carboxylic acids is 4. The molecule has 12 heteroatoms. The topological polar surface area (TPSA) is 189 Å². The van der Waals surface area contributed by atoms with E-state index in [1.807, 2.05) is 0 Å². The van der Waals surface area contributed by atoms with Crippen LogP contribution in [-0.2, 0) is 25.6 Å². The van der Waals surface area contributed by atoms with Gasteiger partial charge in [-0.05, 0) is 62.2 Å². The number of carbonyl (C=O) groups is 4. The number of fused-ring (bicyclic) bond motifs is 3. The third-order valence-corrected chi connectivity index (χ3v) is 8.19. The van der Waals surface area contributed by atoms with E-state index in [4.69, 9.17) is 0 Å². The van der Waals surface area contributed by atoms with Gasteiger partial charge in [-0.3, -0.25) is 24.1 Å². The third kappa shape index (κ3) is 4.09. The molecule has 12 nitrogen and oxygen atoms in total. The first-order valence-corrected chi connectivity index (χ1v) is 13.0. The molecule has 0 radical (unpaired) electrons.